The Labute approximate surface area is 178 Å². The summed E-state index contributed by atoms with van der Waals surface area (Å²) in [6.07, 6.45) is -7.43. The molecule has 2 aromatic rings. The topological polar surface area (TPSA) is 129 Å². The summed E-state index contributed by atoms with van der Waals surface area (Å²) >= 11 is 0. The van der Waals surface area contributed by atoms with Gasteiger partial charge in [0, 0.05) is 6.92 Å². The first-order valence-electron chi connectivity index (χ1n) is 9.54. The first-order chi connectivity index (χ1) is 14.9. The quantitative estimate of drug-likeness (QED) is 0.511. The highest BCUT2D eigenvalue weighted by atomic mass is 16.7. The summed E-state index contributed by atoms with van der Waals surface area (Å²) in [5.74, 6) is -2.20. The molecule has 0 aliphatic carbocycles. The van der Waals surface area contributed by atoms with Crippen molar-refractivity contribution in [3.8, 4) is 0 Å². The zero-order valence-corrected chi connectivity index (χ0v) is 16.6. The van der Waals surface area contributed by atoms with E-state index in [1.165, 1.54) is 12.1 Å². The van der Waals surface area contributed by atoms with Crippen LogP contribution in [0.25, 0.3) is 0 Å². The number of carbonyl (C=O) groups excluding carboxylic acids is 3. The van der Waals surface area contributed by atoms with Gasteiger partial charge in [0.15, 0.2) is 18.5 Å². The van der Waals surface area contributed by atoms with Crippen LogP contribution >= 0.6 is 0 Å². The second-order valence-electron chi connectivity index (χ2n) is 6.83. The van der Waals surface area contributed by atoms with Crippen molar-refractivity contribution in [3.63, 3.8) is 0 Å². The third-order valence-electron chi connectivity index (χ3n) is 4.58. The third kappa shape index (κ3) is 5.66. The minimum atomic E-state index is -1.74. The van der Waals surface area contributed by atoms with Crippen molar-refractivity contribution in [1.29, 1.82) is 0 Å². The molecule has 1 saturated heterocycles. The van der Waals surface area contributed by atoms with Crippen molar-refractivity contribution in [2.75, 3.05) is 6.61 Å². The lowest BCUT2D eigenvalue weighted by atomic mass is 9.98. The molecule has 1 heterocycles. The maximum atomic E-state index is 12.3. The van der Waals surface area contributed by atoms with Gasteiger partial charge in [0.2, 0.25) is 0 Å². The second kappa shape index (κ2) is 10.2. The number of aliphatic hydroxyl groups is 2. The van der Waals surface area contributed by atoms with Crippen LogP contribution in [0.5, 0.6) is 0 Å². The predicted octanol–water partition coefficient (Wildman–Crippen LogP) is 1.08. The van der Waals surface area contributed by atoms with Gasteiger partial charge in [0.25, 0.3) is 0 Å². The summed E-state index contributed by atoms with van der Waals surface area (Å²) in [7, 11) is 0. The molecule has 1 aliphatic heterocycles. The smallest absolute Gasteiger partial charge is 0.338 e. The summed E-state index contributed by atoms with van der Waals surface area (Å²) in [5.41, 5.74) is 0.489. The van der Waals surface area contributed by atoms with Gasteiger partial charge in [-0.25, -0.2) is 9.59 Å². The lowest BCUT2D eigenvalue weighted by molar-refractivity contribution is -0.288. The largest absolute Gasteiger partial charge is 0.459 e. The Bertz CT molecular complexity index is 898. The lowest BCUT2D eigenvalue weighted by Crippen LogP contribution is -2.61. The Morgan fingerprint density at radius 3 is 1.94 bits per heavy atom. The number of esters is 3. The van der Waals surface area contributed by atoms with E-state index < -0.39 is 55.2 Å². The molecule has 0 bridgehead atoms. The fourth-order valence-electron chi connectivity index (χ4n) is 3.09. The van der Waals surface area contributed by atoms with E-state index in [1.54, 1.807) is 48.5 Å². The SMILES string of the molecule is CC(=O)O[C@@H]1[C@H](O)[C@@H](OC(=O)c2ccccc2)[C@H](O)O[C@@H]1COC(=O)c1ccccc1. The van der Waals surface area contributed by atoms with E-state index in [4.69, 9.17) is 18.9 Å². The molecule has 3 rings (SSSR count). The minimum absolute atomic E-state index is 0.199. The molecule has 31 heavy (non-hydrogen) atoms. The van der Waals surface area contributed by atoms with Crippen molar-refractivity contribution in [2.45, 2.75) is 37.6 Å². The first-order valence-corrected chi connectivity index (χ1v) is 9.54. The van der Waals surface area contributed by atoms with E-state index in [-0.39, 0.29) is 11.1 Å². The molecule has 2 aromatic carbocycles. The third-order valence-corrected chi connectivity index (χ3v) is 4.58. The van der Waals surface area contributed by atoms with Gasteiger partial charge in [-0.2, -0.15) is 0 Å². The van der Waals surface area contributed by atoms with Crippen molar-refractivity contribution in [1.82, 2.24) is 0 Å². The molecule has 1 aliphatic rings. The van der Waals surface area contributed by atoms with E-state index in [0.717, 1.165) is 6.92 Å². The van der Waals surface area contributed by atoms with Crippen molar-refractivity contribution in [3.05, 3.63) is 71.8 Å². The van der Waals surface area contributed by atoms with Gasteiger partial charge in [0.1, 0.15) is 18.8 Å². The molecular weight excluding hydrogens is 408 g/mol. The van der Waals surface area contributed by atoms with Crippen LogP contribution in [0, 0.1) is 0 Å². The van der Waals surface area contributed by atoms with Gasteiger partial charge >= 0.3 is 17.9 Å². The van der Waals surface area contributed by atoms with E-state index in [2.05, 4.69) is 0 Å². The molecule has 5 atom stereocenters. The van der Waals surface area contributed by atoms with E-state index >= 15 is 0 Å². The molecule has 164 valence electrons. The van der Waals surface area contributed by atoms with Crippen LogP contribution in [0.2, 0.25) is 0 Å². The van der Waals surface area contributed by atoms with Gasteiger partial charge in [0.05, 0.1) is 11.1 Å². The van der Waals surface area contributed by atoms with E-state index in [1.807, 2.05) is 0 Å². The molecule has 1 fully saturated rings. The molecule has 9 nitrogen and oxygen atoms in total. The van der Waals surface area contributed by atoms with Crippen molar-refractivity contribution in [2.24, 2.45) is 0 Å². The van der Waals surface area contributed by atoms with Gasteiger partial charge in [-0.15, -0.1) is 0 Å². The minimum Gasteiger partial charge on any atom is -0.459 e. The van der Waals surface area contributed by atoms with Crippen LogP contribution < -0.4 is 0 Å². The Kier molecular flexibility index (Phi) is 7.35. The highest BCUT2D eigenvalue weighted by Gasteiger charge is 2.49. The number of rotatable bonds is 6. The molecule has 9 heteroatoms. The Morgan fingerprint density at radius 1 is 0.839 bits per heavy atom. The average molecular weight is 430 g/mol. The van der Waals surface area contributed by atoms with Crippen LogP contribution in [-0.4, -0.2) is 65.4 Å². The maximum absolute atomic E-state index is 12.3. The maximum Gasteiger partial charge on any atom is 0.338 e. The number of carbonyl (C=O) groups is 3. The lowest BCUT2D eigenvalue weighted by Gasteiger charge is -2.41. The average Bonchev–Trinajstić information content (AvgIpc) is 2.78. The number of ether oxygens (including phenoxy) is 4. The number of hydrogen-bond acceptors (Lipinski definition) is 9. The predicted molar refractivity (Wildman–Crippen MR) is 105 cm³/mol. The Morgan fingerprint density at radius 2 is 1.39 bits per heavy atom. The number of benzene rings is 2. The zero-order chi connectivity index (χ0) is 22.4. The van der Waals surface area contributed by atoms with Crippen LogP contribution in [0.1, 0.15) is 27.6 Å². The van der Waals surface area contributed by atoms with Gasteiger partial charge in [-0.05, 0) is 24.3 Å². The van der Waals surface area contributed by atoms with Crippen molar-refractivity contribution >= 4 is 17.9 Å². The van der Waals surface area contributed by atoms with Crippen LogP contribution in [0.4, 0.5) is 0 Å². The van der Waals surface area contributed by atoms with Gasteiger partial charge < -0.3 is 29.2 Å². The monoisotopic (exact) mass is 430 g/mol. The molecule has 0 spiro atoms. The fourth-order valence-corrected chi connectivity index (χ4v) is 3.09. The molecule has 0 unspecified atom stereocenters. The van der Waals surface area contributed by atoms with Crippen molar-refractivity contribution < 1.29 is 43.5 Å². The molecular formula is C22H22O9. The zero-order valence-electron chi connectivity index (χ0n) is 16.6. The van der Waals surface area contributed by atoms with Gasteiger partial charge in [-0.3, -0.25) is 4.79 Å². The fraction of sp³-hybridized carbons (Fsp3) is 0.318. The van der Waals surface area contributed by atoms with E-state index in [9.17, 15) is 24.6 Å². The summed E-state index contributed by atoms with van der Waals surface area (Å²) in [5, 5.41) is 21.0. The standard InChI is InChI=1S/C22H22O9/c1-13(23)29-18-16(12-28-20(25)14-8-4-2-5-9-14)30-22(27)19(17(18)24)31-21(26)15-10-6-3-7-11-15/h2-11,16-19,22,24,27H,12H2,1H3/t16-,17+,18+,19-,22-/m1/s1. The summed E-state index contributed by atoms with van der Waals surface area (Å²) in [6, 6.07) is 16.1. The Balaban J connectivity index is 1.70. The van der Waals surface area contributed by atoms with Gasteiger partial charge in [-0.1, -0.05) is 36.4 Å². The van der Waals surface area contributed by atoms with Crippen LogP contribution in [0.15, 0.2) is 60.7 Å². The molecule has 2 N–H and O–H groups in total. The second-order valence-corrected chi connectivity index (χ2v) is 6.83. The molecule has 0 aromatic heterocycles. The summed E-state index contributed by atoms with van der Waals surface area (Å²) in [6.45, 7) is 0.703. The molecule has 0 saturated carbocycles. The van der Waals surface area contributed by atoms with Crippen LogP contribution in [0.3, 0.4) is 0 Å². The molecule has 0 radical (unpaired) electrons. The number of hydrogen-bond donors (Lipinski definition) is 2. The number of aliphatic hydroxyl groups excluding tert-OH is 2. The Hall–Kier alpha value is -3.27. The highest BCUT2D eigenvalue weighted by Crippen LogP contribution is 2.26. The first kappa shape index (κ1) is 22.4. The molecule has 0 amide bonds. The van der Waals surface area contributed by atoms with Crippen LogP contribution in [-0.2, 0) is 23.7 Å². The highest BCUT2D eigenvalue weighted by molar-refractivity contribution is 5.89. The normalized spacial score (nSPS) is 25.3. The van der Waals surface area contributed by atoms with E-state index in [0.29, 0.717) is 0 Å². The summed E-state index contributed by atoms with van der Waals surface area (Å²) < 4.78 is 20.9. The summed E-state index contributed by atoms with van der Waals surface area (Å²) in [4.78, 5) is 36.0.